The van der Waals surface area contributed by atoms with Gasteiger partial charge < -0.3 is 5.73 Å². The minimum Gasteiger partial charge on any atom is -0.375 e. The van der Waals surface area contributed by atoms with Gasteiger partial charge in [-0.3, -0.25) is 0 Å². The van der Waals surface area contributed by atoms with Crippen molar-refractivity contribution in [1.29, 1.82) is 0 Å². The van der Waals surface area contributed by atoms with E-state index < -0.39 is 0 Å². The number of hydrogen-bond acceptors (Lipinski definition) is 3. The second-order valence-electron chi connectivity index (χ2n) is 4.43. The molecule has 0 bridgehead atoms. The molecule has 0 saturated heterocycles. The lowest BCUT2D eigenvalue weighted by atomic mass is 10.0. The van der Waals surface area contributed by atoms with Crippen molar-refractivity contribution >= 4 is 32.4 Å². The van der Waals surface area contributed by atoms with Crippen molar-refractivity contribution in [3.63, 3.8) is 0 Å². The Hall–Kier alpha value is -0.940. The number of thiazole rings is 1. The molecular weight excluding hydrogens is 315 g/mol. The van der Waals surface area contributed by atoms with Crippen LogP contribution >= 0.6 is 27.3 Å². The number of halogens is 2. The molecule has 1 aromatic heterocycles. The van der Waals surface area contributed by atoms with Gasteiger partial charge in [-0.05, 0) is 23.6 Å². The van der Waals surface area contributed by atoms with Crippen molar-refractivity contribution in [2.45, 2.75) is 26.2 Å². The molecule has 1 heterocycles. The molecule has 0 unspecified atom stereocenters. The zero-order valence-corrected chi connectivity index (χ0v) is 12.6. The summed E-state index contributed by atoms with van der Waals surface area (Å²) in [6.07, 6.45) is 0.543. The summed E-state index contributed by atoms with van der Waals surface area (Å²) in [7, 11) is 0. The standard InChI is InChI=1S/C13H14BrFN2S/c1-7(2)12-11(18-13(16)17-12)5-8-3-4-9(14)6-10(8)15/h3-4,6-7H,5H2,1-2H3,(H2,16,17). The number of nitrogen functional groups attached to an aromatic ring is 1. The number of aromatic nitrogens is 1. The second kappa shape index (κ2) is 5.36. The van der Waals surface area contributed by atoms with Gasteiger partial charge in [0.25, 0.3) is 0 Å². The van der Waals surface area contributed by atoms with Crippen LogP contribution < -0.4 is 5.73 Å². The van der Waals surface area contributed by atoms with Crippen LogP contribution in [0.3, 0.4) is 0 Å². The monoisotopic (exact) mass is 328 g/mol. The average molecular weight is 329 g/mol. The van der Waals surface area contributed by atoms with Gasteiger partial charge in [-0.15, -0.1) is 11.3 Å². The van der Waals surface area contributed by atoms with Crippen LogP contribution in [-0.4, -0.2) is 4.98 Å². The normalized spacial score (nSPS) is 11.2. The van der Waals surface area contributed by atoms with E-state index in [2.05, 4.69) is 34.8 Å². The first-order valence-electron chi connectivity index (χ1n) is 5.66. The number of hydrogen-bond donors (Lipinski definition) is 1. The van der Waals surface area contributed by atoms with Crippen LogP contribution in [0.25, 0.3) is 0 Å². The third kappa shape index (κ3) is 2.90. The van der Waals surface area contributed by atoms with Gasteiger partial charge in [0.15, 0.2) is 5.13 Å². The molecule has 0 radical (unpaired) electrons. The fourth-order valence-electron chi connectivity index (χ4n) is 1.80. The molecule has 0 aliphatic heterocycles. The summed E-state index contributed by atoms with van der Waals surface area (Å²) in [4.78, 5) is 5.36. The summed E-state index contributed by atoms with van der Waals surface area (Å²) >= 11 is 4.69. The Labute approximate surface area is 118 Å². The maximum atomic E-state index is 13.8. The van der Waals surface area contributed by atoms with E-state index in [0.29, 0.717) is 23.0 Å². The molecule has 0 aliphatic rings. The Kier molecular flexibility index (Phi) is 4.02. The zero-order chi connectivity index (χ0) is 13.3. The van der Waals surface area contributed by atoms with Crippen LogP contribution in [0.15, 0.2) is 22.7 Å². The van der Waals surface area contributed by atoms with Gasteiger partial charge in [-0.2, -0.15) is 0 Å². The van der Waals surface area contributed by atoms with Crippen molar-refractivity contribution in [3.8, 4) is 0 Å². The van der Waals surface area contributed by atoms with Crippen molar-refractivity contribution in [2.24, 2.45) is 0 Å². The molecule has 2 N–H and O–H groups in total. The van der Waals surface area contributed by atoms with Crippen LogP contribution in [0.2, 0.25) is 0 Å². The highest BCUT2D eigenvalue weighted by molar-refractivity contribution is 9.10. The topological polar surface area (TPSA) is 38.9 Å². The fourth-order valence-corrected chi connectivity index (χ4v) is 3.14. The molecule has 0 atom stereocenters. The third-order valence-corrected chi connectivity index (χ3v) is 4.05. The first-order chi connectivity index (χ1) is 8.47. The van der Waals surface area contributed by atoms with E-state index in [-0.39, 0.29) is 5.82 Å². The predicted octanol–water partition coefficient (Wildman–Crippen LogP) is 4.34. The highest BCUT2D eigenvalue weighted by Crippen LogP contribution is 2.29. The maximum absolute atomic E-state index is 13.8. The molecule has 0 saturated carbocycles. The molecule has 0 aliphatic carbocycles. The lowest BCUT2D eigenvalue weighted by molar-refractivity contribution is 0.613. The zero-order valence-electron chi connectivity index (χ0n) is 10.2. The number of rotatable bonds is 3. The van der Waals surface area contributed by atoms with Crippen molar-refractivity contribution in [1.82, 2.24) is 4.98 Å². The molecule has 0 spiro atoms. The van der Waals surface area contributed by atoms with Crippen LogP contribution in [0, 0.1) is 5.82 Å². The smallest absolute Gasteiger partial charge is 0.180 e. The summed E-state index contributed by atoms with van der Waals surface area (Å²) in [5.41, 5.74) is 7.38. The van der Waals surface area contributed by atoms with Gasteiger partial charge in [0.1, 0.15) is 5.82 Å². The Morgan fingerprint density at radius 2 is 2.17 bits per heavy atom. The average Bonchev–Trinajstić information content (AvgIpc) is 2.64. The molecular formula is C13H14BrFN2S. The molecule has 0 fully saturated rings. The van der Waals surface area contributed by atoms with Crippen LogP contribution in [0.1, 0.15) is 35.9 Å². The molecule has 18 heavy (non-hydrogen) atoms. The van der Waals surface area contributed by atoms with E-state index in [1.54, 1.807) is 6.07 Å². The fraction of sp³-hybridized carbons (Fsp3) is 0.308. The van der Waals surface area contributed by atoms with Crippen LogP contribution in [0.5, 0.6) is 0 Å². The van der Waals surface area contributed by atoms with Crippen molar-refractivity contribution in [2.75, 3.05) is 5.73 Å². The van der Waals surface area contributed by atoms with Gasteiger partial charge >= 0.3 is 0 Å². The van der Waals surface area contributed by atoms with Gasteiger partial charge in [0.2, 0.25) is 0 Å². The summed E-state index contributed by atoms with van der Waals surface area (Å²) < 4.78 is 14.5. The number of nitrogens with two attached hydrogens (primary N) is 1. The van der Waals surface area contributed by atoms with E-state index in [0.717, 1.165) is 15.0 Å². The summed E-state index contributed by atoms with van der Waals surface area (Å²) in [5.74, 6) is 0.0955. The molecule has 2 nitrogen and oxygen atoms in total. The van der Waals surface area contributed by atoms with E-state index in [4.69, 9.17) is 5.73 Å². The molecule has 0 amide bonds. The number of anilines is 1. The Morgan fingerprint density at radius 1 is 1.44 bits per heavy atom. The summed E-state index contributed by atoms with van der Waals surface area (Å²) in [6, 6.07) is 5.12. The van der Waals surface area contributed by atoms with E-state index in [1.165, 1.54) is 17.4 Å². The van der Waals surface area contributed by atoms with Gasteiger partial charge in [-0.25, -0.2) is 9.37 Å². The lowest BCUT2D eigenvalue weighted by Crippen LogP contribution is -1.97. The van der Waals surface area contributed by atoms with Gasteiger partial charge in [0.05, 0.1) is 5.69 Å². The predicted molar refractivity (Wildman–Crippen MR) is 77.5 cm³/mol. The Bertz CT molecular complexity index is 566. The minimum atomic E-state index is -0.203. The van der Waals surface area contributed by atoms with E-state index >= 15 is 0 Å². The Balaban J connectivity index is 2.33. The number of benzene rings is 1. The highest BCUT2D eigenvalue weighted by Gasteiger charge is 2.15. The highest BCUT2D eigenvalue weighted by atomic mass is 79.9. The van der Waals surface area contributed by atoms with Crippen LogP contribution in [-0.2, 0) is 6.42 Å². The molecule has 2 aromatic rings. The van der Waals surface area contributed by atoms with Gasteiger partial charge in [-0.1, -0.05) is 35.8 Å². The van der Waals surface area contributed by atoms with E-state index in [9.17, 15) is 4.39 Å². The van der Waals surface area contributed by atoms with Gasteiger partial charge in [0, 0.05) is 15.8 Å². The largest absolute Gasteiger partial charge is 0.375 e. The third-order valence-electron chi connectivity index (χ3n) is 2.66. The van der Waals surface area contributed by atoms with Crippen LogP contribution in [0.4, 0.5) is 9.52 Å². The first kappa shape index (κ1) is 13.5. The lowest BCUT2D eigenvalue weighted by Gasteiger charge is -2.06. The van der Waals surface area contributed by atoms with Crippen molar-refractivity contribution in [3.05, 3.63) is 44.6 Å². The Morgan fingerprint density at radius 3 is 2.78 bits per heavy atom. The molecule has 1 aromatic carbocycles. The summed E-state index contributed by atoms with van der Waals surface area (Å²) in [5, 5.41) is 0.547. The number of nitrogens with zero attached hydrogens (tertiary/aromatic N) is 1. The quantitative estimate of drug-likeness (QED) is 0.910. The van der Waals surface area contributed by atoms with Crippen molar-refractivity contribution < 1.29 is 4.39 Å². The maximum Gasteiger partial charge on any atom is 0.180 e. The first-order valence-corrected chi connectivity index (χ1v) is 7.27. The second-order valence-corrected chi connectivity index (χ2v) is 6.46. The molecule has 2 rings (SSSR count). The SMILES string of the molecule is CC(C)c1nc(N)sc1Cc1ccc(Br)cc1F. The molecule has 96 valence electrons. The molecule has 5 heteroatoms. The van der Waals surface area contributed by atoms with E-state index in [1.807, 2.05) is 6.07 Å². The minimum absolute atomic E-state index is 0.203. The summed E-state index contributed by atoms with van der Waals surface area (Å²) in [6.45, 7) is 4.13.